The lowest BCUT2D eigenvalue weighted by atomic mass is 10.2. The molecule has 136 valence electrons. The van der Waals surface area contributed by atoms with E-state index in [0.717, 1.165) is 0 Å². The van der Waals surface area contributed by atoms with Crippen LogP contribution in [0.15, 0.2) is 66.9 Å². The van der Waals surface area contributed by atoms with Crippen LogP contribution in [-0.2, 0) is 4.79 Å². The molecule has 2 aromatic carbocycles. The number of hydrogen-bond donors (Lipinski definition) is 3. The van der Waals surface area contributed by atoms with Crippen molar-refractivity contribution in [1.29, 1.82) is 0 Å². The summed E-state index contributed by atoms with van der Waals surface area (Å²) in [6, 6.07) is 15.9. The van der Waals surface area contributed by atoms with Crippen molar-refractivity contribution in [1.82, 2.24) is 4.98 Å². The zero-order valence-electron chi connectivity index (χ0n) is 14.5. The minimum Gasteiger partial charge on any atom is -0.340 e. The molecular weight excluding hydrogens is 347 g/mol. The van der Waals surface area contributed by atoms with Gasteiger partial charge in [0, 0.05) is 35.7 Å². The van der Waals surface area contributed by atoms with Crippen molar-refractivity contribution in [2.75, 3.05) is 16.0 Å². The minimum absolute atomic E-state index is 0.165. The number of benzene rings is 2. The maximum absolute atomic E-state index is 13.2. The number of carbonyl (C=O) groups is 2. The molecule has 3 aromatic rings. The summed E-state index contributed by atoms with van der Waals surface area (Å²) in [6.07, 6.45) is 1.50. The summed E-state index contributed by atoms with van der Waals surface area (Å²) in [5, 5.41) is 8.42. The average molecular weight is 364 g/mol. The number of amides is 2. The molecule has 0 radical (unpaired) electrons. The minimum atomic E-state index is -0.427. The van der Waals surface area contributed by atoms with Gasteiger partial charge in [-0.3, -0.25) is 9.59 Å². The van der Waals surface area contributed by atoms with E-state index in [-0.39, 0.29) is 11.8 Å². The van der Waals surface area contributed by atoms with E-state index in [4.69, 9.17) is 0 Å². The van der Waals surface area contributed by atoms with Gasteiger partial charge in [-0.05, 0) is 48.5 Å². The third-order valence-electron chi connectivity index (χ3n) is 3.56. The molecule has 0 fully saturated rings. The van der Waals surface area contributed by atoms with Crippen molar-refractivity contribution < 1.29 is 14.0 Å². The molecule has 1 aromatic heterocycles. The van der Waals surface area contributed by atoms with E-state index >= 15 is 0 Å². The Bertz CT molecular complexity index is 991. The highest BCUT2D eigenvalue weighted by atomic mass is 19.1. The molecule has 0 saturated carbocycles. The topological polar surface area (TPSA) is 83.1 Å². The second-order valence-corrected chi connectivity index (χ2v) is 5.78. The van der Waals surface area contributed by atoms with Crippen LogP contribution in [0, 0.1) is 5.82 Å². The summed E-state index contributed by atoms with van der Waals surface area (Å²) >= 11 is 0. The van der Waals surface area contributed by atoms with Crippen molar-refractivity contribution in [2.45, 2.75) is 6.92 Å². The Morgan fingerprint density at radius 2 is 1.59 bits per heavy atom. The number of nitrogens with zero attached hydrogens (tertiary/aromatic N) is 1. The van der Waals surface area contributed by atoms with E-state index in [1.165, 1.54) is 31.3 Å². The van der Waals surface area contributed by atoms with Gasteiger partial charge in [0.15, 0.2) is 0 Å². The first-order valence-corrected chi connectivity index (χ1v) is 8.17. The molecule has 0 bridgehead atoms. The van der Waals surface area contributed by atoms with Gasteiger partial charge in [-0.25, -0.2) is 9.37 Å². The SMILES string of the molecule is CC(=O)Nc1cccc(Nc2cc(C(=O)Nc3cccc(F)c3)ccn2)c1. The molecule has 1 heterocycles. The molecule has 3 N–H and O–H groups in total. The van der Waals surface area contributed by atoms with Gasteiger partial charge < -0.3 is 16.0 Å². The quantitative estimate of drug-likeness (QED) is 0.634. The molecular formula is C20H17FN4O2. The predicted octanol–water partition coefficient (Wildman–Crippen LogP) is 4.18. The molecule has 27 heavy (non-hydrogen) atoms. The molecule has 3 rings (SSSR count). The molecule has 0 spiro atoms. The summed E-state index contributed by atoms with van der Waals surface area (Å²) in [5.74, 6) is -0.509. The molecule has 0 atom stereocenters. The molecule has 7 heteroatoms. The van der Waals surface area contributed by atoms with Crippen LogP contribution in [0.5, 0.6) is 0 Å². The smallest absolute Gasteiger partial charge is 0.255 e. The van der Waals surface area contributed by atoms with Crippen molar-refractivity contribution in [2.24, 2.45) is 0 Å². The summed E-state index contributed by atoms with van der Waals surface area (Å²) in [4.78, 5) is 27.7. The van der Waals surface area contributed by atoms with Crippen molar-refractivity contribution in [3.05, 3.63) is 78.2 Å². The monoisotopic (exact) mass is 364 g/mol. The van der Waals surface area contributed by atoms with Crippen molar-refractivity contribution >= 4 is 34.7 Å². The van der Waals surface area contributed by atoms with Crippen LogP contribution in [0.3, 0.4) is 0 Å². The first kappa shape index (κ1) is 18.1. The molecule has 2 amide bonds. The van der Waals surface area contributed by atoms with Gasteiger partial charge in [0.25, 0.3) is 5.91 Å². The summed E-state index contributed by atoms with van der Waals surface area (Å²) in [7, 11) is 0. The standard InChI is InChI=1S/C20H17FN4O2/c1-13(26)23-17-6-3-7-18(12-17)24-19-10-14(8-9-22-19)20(27)25-16-5-2-4-15(21)11-16/h2-12H,1H3,(H,22,24)(H,23,26)(H,25,27). The van der Waals surface area contributed by atoms with Crippen LogP contribution >= 0.6 is 0 Å². The second-order valence-electron chi connectivity index (χ2n) is 5.78. The van der Waals surface area contributed by atoms with E-state index in [0.29, 0.717) is 28.4 Å². The highest BCUT2D eigenvalue weighted by molar-refractivity contribution is 6.04. The van der Waals surface area contributed by atoms with Gasteiger partial charge in [-0.15, -0.1) is 0 Å². The normalized spacial score (nSPS) is 10.1. The number of hydrogen-bond acceptors (Lipinski definition) is 4. The van der Waals surface area contributed by atoms with Gasteiger partial charge in [-0.1, -0.05) is 12.1 Å². The molecule has 0 saturated heterocycles. The lowest BCUT2D eigenvalue weighted by Crippen LogP contribution is -2.12. The van der Waals surface area contributed by atoms with Gasteiger partial charge in [-0.2, -0.15) is 0 Å². The van der Waals surface area contributed by atoms with E-state index in [9.17, 15) is 14.0 Å². The number of anilines is 4. The van der Waals surface area contributed by atoms with Crippen LogP contribution in [0.2, 0.25) is 0 Å². The highest BCUT2D eigenvalue weighted by Gasteiger charge is 2.08. The van der Waals surface area contributed by atoms with E-state index < -0.39 is 5.82 Å². The number of halogens is 1. The van der Waals surface area contributed by atoms with Crippen molar-refractivity contribution in [3.8, 4) is 0 Å². The van der Waals surface area contributed by atoms with E-state index in [1.807, 2.05) is 6.07 Å². The maximum atomic E-state index is 13.2. The fourth-order valence-corrected chi connectivity index (χ4v) is 2.44. The Balaban J connectivity index is 1.73. The third-order valence-corrected chi connectivity index (χ3v) is 3.56. The van der Waals surface area contributed by atoms with E-state index in [1.54, 1.807) is 36.4 Å². The molecule has 6 nitrogen and oxygen atoms in total. The van der Waals surface area contributed by atoms with Gasteiger partial charge >= 0.3 is 0 Å². The number of pyridine rings is 1. The average Bonchev–Trinajstić information content (AvgIpc) is 2.62. The Hall–Kier alpha value is -3.74. The second kappa shape index (κ2) is 8.09. The van der Waals surface area contributed by atoms with Crippen LogP contribution in [0.4, 0.5) is 27.3 Å². The van der Waals surface area contributed by atoms with E-state index in [2.05, 4.69) is 20.9 Å². The number of nitrogens with one attached hydrogen (secondary N) is 3. The summed E-state index contributed by atoms with van der Waals surface area (Å²) < 4.78 is 13.2. The van der Waals surface area contributed by atoms with Gasteiger partial charge in [0.1, 0.15) is 11.6 Å². The fourth-order valence-electron chi connectivity index (χ4n) is 2.44. The Morgan fingerprint density at radius 3 is 2.33 bits per heavy atom. The van der Waals surface area contributed by atoms with Crippen LogP contribution in [0.1, 0.15) is 17.3 Å². The number of carbonyl (C=O) groups excluding carboxylic acids is 2. The Kier molecular flexibility index (Phi) is 5.41. The summed E-state index contributed by atoms with van der Waals surface area (Å²) in [6.45, 7) is 1.43. The Morgan fingerprint density at radius 1 is 0.889 bits per heavy atom. The van der Waals surface area contributed by atoms with Crippen LogP contribution in [-0.4, -0.2) is 16.8 Å². The fraction of sp³-hybridized carbons (Fsp3) is 0.0500. The first-order valence-electron chi connectivity index (χ1n) is 8.17. The zero-order valence-corrected chi connectivity index (χ0v) is 14.5. The molecule has 0 unspecified atom stereocenters. The third kappa shape index (κ3) is 5.12. The first-order chi connectivity index (χ1) is 13.0. The number of rotatable bonds is 5. The molecule has 0 aliphatic heterocycles. The lowest BCUT2D eigenvalue weighted by molar-refractivity contribution is -0.114. The Labute approximate surface area is 155 Å². The van der Waals surface area contributed by atoms with Crippen LogP contribution in [0.25, 0.3) is 0 Å². The largest absolute Gasteiger partial charge is 0.340 e. The van der Waals surface area contributed by atoms with Gasteiger partial charge in [0.05, 0.1) is 0 Å². The number of aromatic nitrogens is 1. The maximum Gasteiger partial charge on any atom is 0.255 e. The highest BCUT2D eigenvalue weighted by Crippen LogP contribution is 2.20. The van der Waals surface area contributed by atoms with Crippen molar-refractivity contribution in [3.63, 3.8) is 0 Å². The molecule has 0 aliphatic carbocycles. The molecule has 0 aliphatic rings. The predicted molar refractivity (Wildman–Crippen MR) is 103 cm³/mol. The zero-order chi connectivity index (χ0) is 19.2. The summed E-state index contributed by atoms with van der Waals surface area (Å²) in [5.41, 5.74) is 2.09. The van der Waals surface area contributed by atoms with Crippen LogP contribution < -0.4 is 16.0 Å². The van der Waals surface area contributed by atoms with Gasteiger partial charge in [0.2, 0.25) is 5.91 Å². The lowest BCUT2D eigenvalue weighted by Gasteiger charge is -2.10.